The topological polar surface area (TPSA) is 64.1 Å². The van der Waals surface area contributed by atoms with E-state index in [1.165, 1.54) is 41.1 Å². The standard InChI is InChI=1S/C24H24F7N3O3/c1-32(18-10-15(23(26,27)28)9-16(11-18)24(29,30)31)22(37)33(2)20-7-8-34(21(36)13-35)12-19(20)14-3-5-17(25)6-4-14/h3-6,9-11,19-20,35H,7-8,12-13H2,1-2H3. The van der Waals surface area contributed by atoms with Crippen molar-refractivity contribution < 1.29 is 45.4 Å². The summed E-state index contributed by atoms with van der Waals surface area (Å²) >= 11 is 0. The molecule has 6 nitrogen and oxygen atoms in total. The Morgan fingerprint density at radius 3 is 2.00 bits per heavy atom. The number of hydrogen-bond donors (Lipinski definition) is 1. The number of urea groups is 1. The zero-order valence-electron chi connectivity index (χ0n) is 19.8. The van der Waals surface area contributed by atoms with Crippen LogP contribution in [0.25, 0.3) is 0 Å². The van der Waals surface area contributed by atoms with Crippen LogP contribution in [0.3, 0.4) is 0 Å². The molecule has 202 valence electrons. The van der Waals surface area contributed by atoms with Crippen molar-refractivity contribution in [3.8, 4) is 0 Å². The van der Waals surface area contributed by atoms with Crippen LogP contribution < -0.4 is 4.90 Å². The molecule has 0 aromatic heterocycles. The van der Waals surface area contributed by atoms with E-state index in [1.54, 1.807) is 0 Å². The fourth-order valence-corrected chi connectivity index (χ4v) is 4.39. The number of likely N-dealkylation sites (tertiary alicyclic amines) is 1. The van der Waals surface area contributed by atoms with Gasteiger partial charge in [0.15, 0.2) is 0 Å². The maximum Gasteiger partial charge on any atom is 0.416 e. The second-order valence-electron chi connectivity index (χ2n) is 8.73. The largest absolute Gasteiger partial charge is 0.416 e. The molecule has 3 amide bonds. The van der Waals surface area contributed by atoms with Crippen LogP contribution in [0.2, 0.25) is 0 Å². The third-order valence-corrected chi connectivity index (χ3v) is 6.41. The van der Waals surface area contributed by atoms with Gasteiger partial charge in [0.2, 0.25) is 5.91 Å². The van der Waals surface area contributed by atoms with E-state index in [-0.39, 0.29) is 25.6 Å². The van der Waals surface area contributed by atoms with E-state index in [1.807, 2.05) is 0 Å². The molecule has 2 unspecified atom stereocenters. The van der Waals surface area contributed by atoms with E-state index in [0.29, 0.717) is 22.6 Å². The highest BCUT2D eigenvalue weighted by Crippen LogP contribution is 2.39. The molecule has 1 aliphatic heterocycles. The molecule has 2 aromatic rings. The number of carbonyl (C=O) groups is 2. The number of benzene rings is 2. The molecule has 2 atom stereocenters. The number of hydrogen-bond acceptors (Lipinski definition) is 3. The van der Waals surface area contributed by atoms with E-state index < -0.39 is 65.5 Å². The van der Waals surface area contributed by atoms with Crippen LogP contribution in [-0.4, -0.2) is 66.7 Å². The van der Waals surface area contributed by atoms with Crippen LogP contribution in [0.1, 0.15) is 29.0 Å². The Morgan fingerprint density at radius 2 is 1.51 bits per heavy atom. The van der Waals surface area contributed by atoms with Gasteiger partial charge in [-0.3, -0.25) is 9.69 Å². The summed E-state index contributed by atoms with van der Waals surface area (Å²) in [6.07, 6.45) is -9.96. The Hall–Kier alpha value is -3.35. The Morgan fingerprint density at radius 1 is 0.973 bits per heavy atom. The number of anilines is 1. The van der Waals surface area contributed by atoms with Crippen molar-refractivity contribution in [2.45, 2.75) is 30.7 Å². The maximum atomic E-state index is 13.5. The normalized spacial score (nSPS) is 18.5. The minimum absolute atomic E-state index is 0.0238. The first kappa shape index (κ1) is 28.2. The molecule has 1 saturated heterocycles. The summed E-state index contributed by atoms with van der Waals surface area (Å²) < 4.78 is 93.2. The lowest BCUT2D eigenvalue weighted by Gasteiger charge is -2.43. The monoisotopic (exact) mass is 535 g/mol. The fourth-order valence-electron chi connectivity index (χ4n) is 4.39. The van der Waals surface area contributed by atoms with E-state index in [9.17, 15) is 45.4 Å². The molecule has 1 fully saturated rings. The van der Waals surface area contributed by atoms with E-state index in [4.69, 9.17) is 0 Å². The van der Waals surface area contributed by atoms with Crippen LogP contribution >= 0.6 is 0 Å². The molecule has 0 radical (unpaired) electrons. The highest BCUT2D eigenvalue weighted by molar-refractivity contribution is 5.92. The minimum atomic E-state index is -5.08. The summed E-state index contributed by atoms with van der Waals surface area (Å²) in [6.45, 7) is -0.543. The van der Waals surface area contributed by atoms with Gasteiger partial charge in [0.25, 0.3) is 0 Å². The predicted molar refractivity (Wildman–Crippen MR) is 119 cm³/mol. The van der Waals surface area contributed by atoms with Gasteiger partial charge in [-0.1, -0.05) is 12.1 Å². The van der Waals surface area contributed by atoms with Gasteiger partial charge in [-0.25, -0.2) is 9.18 Å². The number of carbonyl (C=O) groups excluding carboxylic acids is 2. The molecule has 1 aliphatic rings. The third kappa shape index (κ3) is 6.32. The van der Waals surface area contributed by atoms with Crippen molar-refractivity contribution in [2.24, 2.45) is 0 Å². The molecule has 0 spiro atoms. The second-order valence-corrected chi connectivity index (χ2v) is 8.73. The summed E-state index contributed by atoms with van der Waals surface area (Å²) in [5, 5.41) is 9.23. The van der Waals surface area contributed by atoms with Crippen molar-refractivity contribution >= 4 is 17.6 Å². The summed E-state index contributed by atoms with van der Waals surface area (Å²) in [5.74, 6) is -1.65. The number of likely N-dealkylation sites (N-methyl/N-ethyl adjacent to an activating group) is 1. The number of aliphatic hydroxyl groups is 1. The van der Waals surface area contributed by atoms with E-state index in [2.05, 4.69) is 0 Å². The number of nitrogens with zero attached hydrogens (tertiary/aromatic N) is 3. The predicted octanol–water partition coefficient (Wildman–Crippen LogP) is 4.73. The highest BCUT2D eigenvalue weighted by Gasteiger charge is 2.40. The average molecular weight is 535 g/mol. The lowest BCUT2D eigenvalue weighted by Crippen LogP contribution is -2.54. The van der Waals surface area contributed by atoms with Gasteiger partial charge in [-0.15, -0.1) is 0 Å². The van der Waals surface area contributed by atoms with Crippen LogP contribution in [0.4, 0.5) is 41.2 Å². The zero-order chi connectivity index (χ0) is 27.7. The van der Waals surface area contributed by atoms with Crippen molar-refractivity contribution in [1.82, 2.24) is 9.80 Å². The van der Waals surface area contributed by atoms with Crippen molar-refractivity contribution in [3.63, 3.8) is 0 Å². The zero-order valence-corrected chi connectivity index (χ0v) is 19.8. The molecule has 0 saturated carbocycles. The summed E-state index contributed by atoms with van der Waals surface area (Å²) in [7, 11) is 2.41. The first-order chi connectivity index (χ1) is 17.1. The van der Waals surface area contributed by atoms with Gasteiger partial charge in [-0.05, 0) is 42.3 Å². The second kappa shape index (κ2) is 10.6. The van der Waals surface area contributed by atoms with Gasteiger partial charge in [0, 0.05) is 44.8 Å². The number of piperidine rings is 1. The molecule has 0 aliphatic carbocycles. The van der Waals surface area contributed by atoms with Crippen molar-refractivity contribution in [1.29, 1.82) is 0 Å². The number of rotatable bonds is 4. The Labute approximate surface area is 207 Å². The Bertz CT molecular complexity index is 1100. The van der Waals surface area contributed by atoms with Gasteiger partial charge in [-0.2, -0.15) is 26.3 Å². The lowest BCUT2D eigenvalue weighted by molar-refractivity contribution is -0.143. The molecule has 1 N–H and O–H groups in total. The van der Waals surface area contributed by atoms with Crippen LogP contribution in [0.15, 0.2) is 42.5 Å². The summed E-state index contributed by atoms with van der Waals surface area (Å²) in [6, 6.07) is 4.67. The first-order valence-corrected chi connectivity index (χ1v) is 11.1. The fraction of sp³-hybridized carbons (Fsp3) is 0.417. The molecular formula is C24H24F7N3O3. The molecule has 2 aromatic carbocycles. The van der Waals surface area contributed by atoms with Crippen LogP contribution in [-0.2, 0) is 17.1 Å². The van der Waals surface area contributed by atoms with Crippen molar-refractivity contribution in [2.75, 3.05) is 38.7 Å². The van der Waals surface area contributed by atoms with E-state index >= 15 is 0 Å². The average Bonchev–Trinajstić information content (AvgIpc) is 2.85. The molecule has 1 heterocycles. The molecule has 37 heavy (non-hydrogen) atoms. The Kier molecular flexibility index (Phi) is 8.06. The van der Waals surface area contributed by atoms with Gasteiger partial charge >= 0.3 is 18.4 Å². The molecular weight excluding hydrogens is 511 g/mol. The van der Waals surface area contributed by atoms with Crippen molar-refractivity contribution in [3.05, 3.63) is 65.0 Å². The van der Waals surface area contributed by atoms with Crippen LogP contribution in [0, 0.1) is 5.82 Å². The van der Waals surface area contributed by atoms with Gasteiger partial charge < -0.3 is 14.9 Å². The van der Waals surface area contributed by atoms with Gasteiger partial charge in [0.1, 0.15) is 12.4 Å². The number of amides is 3. The smallest absolute Gasteiger partial charge is 0.387 e. The highest BCUT2D eigenvalue weighted by atomic mass is 19.4. The minimum Gasteiger partial charge on any atom is -0.387 e. The van der Waals surface area contributed by atoms with Gasteiger partial charge in [0.05, 0.1) is 11.1 Å². The number of halogens is 7. The summed E-state index contributed by atoms with van der Waals surface area (Å²) in [4.78, 5) is 28.6. The number of aliphatic hydroxyl groups excluding tert-OH is 1. The maximum absolute atomic E-state index is 13.5. The summed E-state index contributed by atoms with van der Waals surface area (Å²) in [5.41, 5.74) is -3.16. The molecule has 0 bridgehead atoms. The number of alkyl halides is 6. The Balaban J connectivity index is 1.95. The van der Waals surface area contributed by atoms with E-state index in [0.717, 1.165) is 7.05 Å². The molecule has 3 rings (SSSR count). The quantitative estimate of drug-likeness (QED) is 0.576. The third-order valence-electron chi connectivity index (χ3n) is 6.41. The first-order valence-electron chi connectivity index (χ1n) is 11.1. The van der Waals surface area contributed by atoms with Crippen LogP contribution in [0.5, 0.6) is 0 Å². The SMILES string of the molecule is CN(C(=O)N(C)C1CCN(C(=O)CO)CC1c1ccc(F)cc1)c1cc(C(F)(F)F)cc(C(F)(F)F)c1. The molecule has 13 heteroatoms. The lowest BCUT2D eigenvalue weighted by atomic mass is 9.85.